The third-order valence-electron chi connectivity index (χ3n) is 6.92. The number of hydrogen-bond donors (Lipinski definition) is 0. The smallest absolute Gasteiger partial charge is 0.293 e. The second kappa shape index (κ2) is 11.3. The Kier molecular flexibility index (Phi) is 7.25. The third kappa shape index (κ3) is 5.31. The Morgan fingerprint density at radius 1 is 0.775 bits per heavy atom. The Hall–Kier alpha value is -4.55. The van der Waals surface area contributed by atoms with Gasteiger partial charge in [0.25, 0.3) is 11.1 Å². The van der Waals surface area contributed by atoms with E-state index in [4.69, 9.17) is 9.47 Å². The van der Waals surface area contributed by atoms with E-state index in [1.807, 2.05) is 85.8 Å². The highest BCUT2D eigenvalue weighted by Crippen LogP contribution is 2.37. The van der Waals surface area contributed by atoms with Crippen LogP contribution in [0.5, 0.6) is 11.5 Å². The summed E-state index contributed by atoms with van der Waals surface area (Å²) in [5.41, 5.74) is 2.94. The van der Waals surface area contributed by atoms with Gasteiger partial charge in [-0.3, -0.25) is 14.5 Å². The number of carbonyl (C=O) groups excluding carboxylic acids is 2. The molecule has 0 aliphatic carbocycles. The van der Waals surface area contributed by atoms with Gasteiger partial charge in [-0.15, -0.1) is 0 Å². The number of nitrogens with zero attached hydrogens (tertiary/aromatic N) is 1. The molecule has 1 heterocycles. The number of ether oxygens (including phenoxy) is 2. The summed E-state index contributed by atoms with van der Waals surface area (Å²) in [6.07, 6.45) is 1.78. The molecular formula is C34H27NO4S. The number of amides is 2. The summed E-state index contributed by atoms with van der Waals surface area (Å²) in [6, 6.07) is 34.0. The largest absolute Gasteiger partial charge is 0.492 e. The summed E-state index contributed by atoms with van der Waals surface area (Å²) >= 11 is 0.946. The normalized spacial score (nSPS) is 14.4. The van der Waals surface area contributed by atoms with Crippen molar-refractivity contribution in [2.45, 2.75) is 13.5 Å². The van der Waals surface area contributed by atoms with E-state index in [0.717, 1.165) is 50.0 Å². The molecule has 40 heavy (non-hydrogen) atoms. The average Bonchev–Trinajstić information content (AvgIpc) is 3.24. The Morgan fingerprint density at radius 3 is 2.33 bits per heavy atom. The SMILES string of the molecule is Cc1cccc(OCCN2C(=O)S/C(=C\c3c(OCc4cccc5ccccc45)ccc4ccccc34)C2=O)c1. The maximum Gasteiger partial charge on any atom is 0.293 e. The van der Waals surface area contributed by atoms with Crippen LogP contribution in [0.25, 0.3) is 27.6 Å². The number of rotatable bonds is 8. The van der Waals surface area contributed by atoms with Crippen LogP contribution < -0.4 is 9.47 Å². The molecule has 2 amide bonds. The fraction of sp³-hybridized carbons (Fsp3) is 0.118. The van der Waals surface area contributed by atoms with Crippen LogP contribution in [-0.2, 0) is 11.4 Å². The summed E-state index contributed by atoms with van der Waals surface area (Å²) in [5, 5.41) is 3.97. The molecule has 0 radical (unpaired) electrons. The lowest BCUT2D eigenvalue weighted by atomic mass is 10.0. The van der Waals surface area contributed by atoms with Crippen LogP contribution in [0.15, 0.2) is 108 Å². The van der Waals surface area contributed by atoms with Crippen molar-refractivity contribution in [3.63, 3.8) is 0 Å². The number of benzene rings is 5. The molecule has 5 aromatic rings. The Balaban J connectivity index is 1.26. The lowest BCUT2D eigenvalue weighted by Gasteiger charge is -2.14. The monoisotopic (exact) mass is 545 g/mol. The van der Waals surface area contributed by atoms with Crippen molar-refractivity contribution in [1.29, 1.82) is 0 Å². The molecule has 1 aliphatic rings. The molecule has 5 nitrogen and oxygen atoms in total. The highest BCUT2D eigenvalue weighted by Gasteiger charge is 2.35. The van der Waals surface area contributed by atoms with Gasteiger partial charge >= 0.3 is 0 Å². The Bertz CT molecular complexity index is 1770. The first-order valence-electron chi connectivity index (χ1n) is 13.1. The number of fused-ring (bicyclic) bond motifs is 2. The zero-order valence-electron chi connectivity index (χ0n) is 22.0. The molecule has 6 rings (SSSR count). The van der Waals surface area contributed by atoms with E-state index in [-0.39, 0.29) is 24.3 Å². The van der Waals surface area contributed by atoms with Crippen LogP contribution in [0, 0.1) is 6.92 Å². The third-order valence-corrected chi connectivity index (χ3v) is 7.82. The van der Waals surface area contributed by atoms with E-state index in [0.29, 0.717) is 23.0 Å². The van der Waals surface area contributed by atoms with Gasteiger partial charge in [-0.2, -0.15) is 0 Å². The predicted molar refractivity (Wildman–Crippen MR) is 162 cm³/mol. The minimum atomic E-state index is -0.323. The van der Waals surface area contributed by atoms with Crippen molar-refractivity contribution >= 4 is 50.5 Å². The zero-order valence-corrected chi connectivity index (χ0v) is 22.8. The van der Waals surface area contributed by atoms with Gasteiger partial charge in [-0.25, -0.2) is 0 Å². The van der Waals surface area contributed by atoms with E-state index in [1.165, 1.54) is 4.90 Å². The van der Waals surface area contributed by atoms with E-state index in [2.05, 4.69) is 24.3 Å². The molecular weight excluding hydrogens is 518 g/mol. The molecule has 6 heteroatoms. The highest BCUT2D eigenvalue weighted by molar-refractivity contribution is 8.18. The fourth-order valence-electron chi connectivity index (χ4n) is 4.91. The summed E-state index contributed by atoms with van der Waals surface area (Å²) in [7, 11) is 0. The molecule has 0 spiro atoms. The Labute approximate surface area is 237 Å². The second-order valence-corrected chi connectivity index (χ2v) is 10.6. The number of aryl methyl sites for hydroxylation is 1. The molecule has 1 aliphatic heterocycles. The quantitative estimate of drug-likeness (QED) is 0.185. The molecule has 1 saturated heterocycles. The van der Waals surface area contributed by atoms with Crippen molar-refractivity contribution in [2.75, 3.05) is 13.2 Å². The van der Waals surface area contributed by atoms with Crippen LogP contribution in [0.1, 0.15) is 16.7 Å². The topological polar surface area (TPSA) is 55.8 Å². The van der Waals surface area contributed by atoms with Gasteiger partial charge in [0.2, 0.25) is 0 Å². The van der Waals surface area contributed by atoms with E-state index < -0.39 is 0 Å². The molecule has 198 valence electrons. The van der Waals surface area contributed by atoms with E-state index >= 15 is 0 Å². The molecule has 1 fully saturated rings. The first-order valence-corrected chi connectivity index (χ1v) is 13.9. The standard InChI is InChI=1S/C34H27NO4S/c1-23-8-6-13-27(20-23)38-19-18-35-33(36)32(40-34(35)37)21-30-29-15-5-3-10-25(29)16-17-31(30)39-22-26-12-7-11-24-9-2-4-14-28(24)26/h2-17,20-21H,18-19,22H2,1H3/b32-21-. The molecule has 0 atom stereocenters. The number of carbonyl (C=O) groups is 2. The van der Waals surface area contributed by atoms with Crippen molar-refractivity contribution in [1.82, 2.24) is 4.90 Å². The minimum absolute atomic E-state index is 0.177. The minimum Gasteiger partial charge on any atom is -0.492 e. The second-order valence-electron chi connectivity index (χ2n) is 9.62. The van der Waals surface area contributed by atoms with E-state index in [9.17, 15) is 9.59 Å². The van der Waals surface area contributed by atoms with Crippen LogP contribution in [0.2, 0.25) is 0 Å². The van der Waals surface area contributed by atoms with Gasteiger partial charge in [0.05, 0.1) is 11.4 Å². The first kappa shape index (κ1) is 25.7. The van der Waals surface area contributed by atoms with Crippen molar-refractivity contribution < 1.29 is 19.1 Å². The maximum atomic E-state index is 13.3. The van der Waals surface area contributed by atoms with Crippen molar-refractivity contribution in [3.8, 4) is 11.5 Å². The van der Waals surface area contributed by atoms with Crippen LogP contribution in [0.4, 0.5) is 4.79 Å². The Morgan fingerprint density at radius 2 is 1.50 bits per heavy atom. The predicted octanol–water partition coefficient (Wildman–Crippen LogP) is 8.00. The summed E-state index contributed by atoms with van der Waals surface area (Å²) in [5.74, 6) is 1.04. The van der Waals surface area contributed by atoms with Gasteiger partial charge in [0, 0.05) is 5.56 Å². The molecule has 0 unspecified atom stereocenters. The zero-order chi connectivity index (χ0) is 27.5. The number of imide groups is 1. The van der Waals surface area contributed by atoms with Crippen molar-refractivity contribution in [3.05, 3.63) is 125 Å². The van der Waals surface area contributed by atoms with Gasteiger partial charge < -0.3 is 9.47 Å². The molecule has 0 aromatic heterocycles. The summed E-state index contributed by atoms with van der Waals surface area (Å²) in [6.45, 7) is 2.76. The van der Waals surface area contributed by atoms with Crippen molar-refractivity contribution in [2.24, 2.45) is 0 Å². The first-order chi connectivity index (χ1) is 19.6. The van der Waals surface area contributed by atoms with E-state index in [1.54, 1.807) is 6.08 Å². The summed E-state index contributed by atoms with van der Waals surface area (Å²) in [4.78, 5) is 27.7. The van der Waals surface area contributed by atoms with Crippen LogP contribution >= 0.6 is 11.8 Å². The molecule has 5 aromatic carbocycles. The number of hydrogen-bond acceptors (Lipinski definition) is 5. The summed E-state index contributed by atoms with van der Waals surface area (Å²) < 4.78 is 12.2. The average molecular weight is 546 g/mol. The van der Waals surface area contributed by atoms with Crippen LogP contribution in [0.3, 0.4) is 0 Å². The number of thioether (sulfide) groups is 1. The molecule has 0 saturated carbocycles. The maximum absolute atomic E-state index is 13.3. The lowest BCUT2D eigenvalue weighted by molar-refractivity contribution is -0.123. The van der Waals surface area contributed by atoms with Crippen LogP contribution in [-0.4, -0.2) is 29.2 Å². The van der Waals surface area contributed by atoms with Gasteiger partial charge in [0.15, 0.2) is 0 Å². The lowest BCUT2D eigenvalue weighted by Crippen LogP contribution is -2.32. The van der Waals surface area contributed by atoms with Gasteiger partial charge in [-0.05, 0) is 75.6 Å². The fourth-order valence-corrected chi connectivity index (χ4v) is 5.75. The van der Waals surface area contributed by atoms with Gasteiger partial charge in [0.1, 0.15) is 24.7 Å². The molecule has 0 N–H and O–H groups in total. The highest BCUT2D eigenvalue weighted by atomic mass is 32.2. The molecule has 0 bridgehead atoms. The van der Waals surface area contributed by atoms with Gasteiger partial charge in [-0.1, -0.05) is 84.9 Å².